The minimum Gasteiger partial charge on any atom is -0.325 e. The van der Waals surface area contributed by atoms with Gasteiger partial charge in [-0.1, -0.05) is 6.07 Å². The highest BCUT2D eigenvalue weighted by molar-refractivity contribution is 8.00. The summed E-state index contributed by atoms with van der Waals surface area (Å²) < 4.78 is 69.3. The van der Waals surface area contributed by atoms with Crippen LogP contribution in [0.1, 0.15) is 0 Å². The van der Waals surface area contributed by atoms with Gasteiger partial charge in [-0.05, 0) is 30.0 Å². The molecule has 0 unspecified atom stereocenters. The summed E-state index contributed by atoms with van der Waals surface area (Å²) in [5.74, 6) is -1.86. The molecule has 0 spiro atoms. The molecule has 1 aromatic carbocycles. The molecule has 0 aliphatic heterocycles. The molecule has 1 N–H and O–H groups in total. The molecule has 1 aromatic rings. The fraction of sp³-hybridized carbons (Fsp3) is 0.222. The number of carbonyl (C=O) groups excluding carboxylic acids is 1. The quantitative estimate of drug-likeness (QED) is 0.685. The monoisotopic (exact) mass is 317 g/mol. The lowest BCUT2D eigenvalue weighted by molar-refractivity contribution is -0.114. The lowest BCUT2D eigenvalue weighted by atomic mass is 10.3. The van der Waals surface area contributed by atoms with Crippen molar-refractivity contribution in [2.75, 3.05) is 11.1 Å². The van der Waals surface area contributed by atoms with Crippen molar-refractivity contribution in [1.29, 1.82) is 0 Å². The molecule has 0 radical (unpaired) electrons. The molecule has 0 heterocycles. The lowest BCUT2D eigenvalue weighted by Gasteiger charge is -2.07. The number of halogens is 4. The number of anilines is 1. The van der Waals surface area contributed by atoms with E-state index in [0.29, 0.717) is 0 Å². The molecular weight excluding hydrogens is 310 g/mol. The minimum atomic E-state index is -4.93. The molecule has 19 heavy (non-hydrogen) atoms. The van der Waals surface area contributed by atoms with Crippen molar-refractivity contribution in [2.24, 2.45) is 0 Å². The van der Waals surface area contributed by atoms with Crippen LogP contribution >= 0.6 is 11.8 Å². The van der Waals surface area contributed by atoms with Crippen molar-refractivity contribution in [3.63, 3.8) is 0 Å². The Hall–Kier alpha value is -1.29. The molecule has 0 atom stereocenters. The first-order valence-electron chi connectivity index (χ1n) is 4.63. The lowest BCUT2D eigenvalue weighted by Crippen LogP contribution is -2.17. The van der Waals surface area contributed by atoms with Crippen LogP contribution in [0.3, 0.4) is 0 Å². The summed E-state index contributed by atoms with van der Waals surface area (Å²) in [5.41, 5.74) is -4.65. The zero-order valence-electron chi connectivity index (χ0n) is 9.07. The van der Waals surface area contributed by atoms with Crippen LogP contribution in [-0.2, 0) is 15.0 Å². The van der Waals surface area contributed by atoms with Gasteiger partial charge < -0.3 is 5.32 Å². The first-order chi connectivity index (χ1) is 8.58. The number of alkyl halides is 3. The maximum atomic E-state index is 12.6. The third kappa shape index (κ3) is 5.92. The van der Waals surface area contributed by atoms with Gasteiger partial charge in [-0.15, -0.1) is 3.89 Å². The Balaban J connectivity index is 2.70. The fourth-order valence-electron chi connectivity index (χ4n) is 1.07. The SMILES string of the molecule is O=C(CSC(F)(F)F)Nc1cccc(S(=O)(=O)F)c1. The molecule has 1 amide bonds. The third-order valence-corrected chi connectivity index (χ3v) is 3.32. The van der Waals surface area contributed by atoms with E-state index in [9.17, 15) is 30.3 Å². The summed E-state index contributed by atoms with van der Waals surface area (Å²) in [4.78, 5) is 10.5. The Morgan fingerprint density at radius 3 is 2.47 bits per heavy atom. The molecule has 0 saturated heterocycles. The first kappa shape index (κ1) is 15.8. The zero-order valence-corrected chi connectivity index (χ0v) is 10.7. The molecule has 0 bridgehead atoms. The maximum Gasteiger partial charge on any atom is 0.442 e. The average Bonchev–Trinajstić information content (AvgIpc) is 2.25. The van der Waals surface area contributed by atoms with E-state index >= 15 is 0 Å². The summed E-state index contributed by atoms with van der Waals surface area (Å²) in [5, 5.41) is 2.04. The van der Waals surface area contributed by atoms with Gasteiger partial charge >= 0.3 is 15.7 Å². The van der Waals surface area contributed by atoms with E-state index in [4.69, 9.17) is 0 Å². The molecule has 0 aliphatic rings. The molecule has 106 valence electrons. The Bertz CT molecular complexity index is 571. The minimum absolute atomic E-state index is 0.105. The van der Waals surface area contributed by atoms with Gasteiger partial charge in [0.1, 0.15) is 4.90 Å². The van der Waals surface area contributed by atoms with Gasteiger partial charge in [0.15, 0.2) is 0 Å². The van der Waals surface area contributed by atoms with E-state index in [-0.39, 0.29) is 5.69 Å². The second-order valence-corrected chi connectivity index (χ2v) is 5.64. The summed E-state index contributed by atoms with van der Waals surface area (Å²) in [7, 11) is -4.93. The van der Waals surface area contributed by atoms with Crippen LogP contribution in [0.2, 0.25) is 0 Å². The summed E-state index contributed by atoms with van der Waals surface area (Å²) in [6.45, 7) is 0. The van der Waals surface area contributed by atoms with E-state index < -0.39 is 44.0 Å². The van der Waals surface area contributed by atoms with E-state index in [2.05, 4.69) is 0 Å². The standard InChI is InChI=1S/C9H7F4NO3S2/c10-9(11,12)18-5-8(15)14-6-2-1-3-7(4-6)19(13,16)17/h1-4H,5H2,(H,14,15). The van der Waals surface area contributed by atoms with Crippen LogP contribution in [0, 0.1) is 0 Å². The predicted molar refractivity (Wildman–Crippen MR) is 61.9 cm³/mol. The van der Waals surface area contributed by atoms with E-state index in [1.54, 1.807) is 0 Å². The van der Waals surface area contributed by atoms with Gasteiger partial charge in [-0.25, -0.2) is 0 Å². The Labute approximate surface area is 110 Å². The molecule has 0 aliphatic carbocycles. The number of benzene rings is 1. The summed E-state index contributed by atoms with van der Waals surface area (Å²) in [6, 6.07) is 4.14. The average molecular weight is 317 g/mol. The molecule has 0 aromatic heterocycles. The summed E-state index contributed by atoms with van der Waals surface area (Å²) in [6.07, 6.45) is 0. The van der Waals surface area contributed by atoms with Crippen LogP contribution in [0.25, 0.3) is 0 Å². The van der Waals surface area contributed by atoms with Crippen molar-refractivity contribution >= 4 is 33.6 Å². The first-order valence-corrected chi connectivity index (χ1v) is 7.00. The largest absolute Gasteiger partial charge is 0.442 e. The fourth-order valence-corrected chi connectivity index (χ4v) is 1.95. The molecule has 0 saturated carbocycles. The Morgan fingerprint density at radius 1 is 1.32 bits per heavy atom. The van der Waals surface area contributed by atoms with Crippen LogP contribution in [0.5, 0.6) is 0 Å². The number of nitrogens with one attached hydrogen (secondary N) is 1. The van der Waals surface area contributed by atoms with Crippen LogP contribution < -0.4 is 5.32 Å². The van der Waals surface area contributed by atoms with Gasteiger partial charge in [-0.2, -0.15) is 21.6 Å². The molecule has 0 fully saturated rings. The number of rotatable bonds is 4. The third-order valence-electron chi connectivity index (χ3n) is 1.77. The van der Waals surface area contributed by atoms with Crippen molar-refractivity contribution < 1.29 is 30.3 Å². The second-order valence-electron chi connectivity index (χ2n) is 3.25. The van der Waals surface area contributed by atoms with Crippen LogP contribution in [0.15, 0.2) is 29.2 Å². The highest BCUT2D eigenvalue weighted by atomic mass is 32.3. The van der Waals surface area contributed by atoms with E-state index in [1.165, 1.54) is 6.07 Å². The normalized spacial score (nSPS) is 12.2. The molecular formula is C9H7F4NO3S2. The smallest absolute Gasteiger partial charge is 0.325 e. The van der Waals surface area contributed by atoms with Gasteiger partial charge in [0.05, 0.1) is 5.75 Å². The Kier molecular flexibility index (Phi) is 4.80. The van der Waals surface area contributed by atoms with Gasteiger partial charge in [0, 0.05) is 5.69 Å². The van der Waals surface area contributed by atoms with Crippen LogP contribution in [0.4, 0.5) is 22.7 Å². The van der Waals surface area contributed by atoms with Crippen molar-refractivity contribution in [3.05, 3.63) is 24.3 Å². The Morgan fingerprint density at radius 2 is 1.95 bits per heavy atom. The number of carbonyl (C=O) groups is 1. The van der Waals surface area contributed by atoms with Gasteiger partial charge in [0.2, 0.25) is 5.91 Å². The number of hydrogen-bond acceptors (Lipinski definition) is 4. The van der Waals surface area contributed by atoms with Crippen molar-refractivity contribution in [2.45, 2.75) is 10.4 Å². The van der Waals surface area contributed by atoms with Crippen molar-refractivity contribution in [1.82, 2.24) is 0 Å². The van der Waals surface area contributed by atoms with Gasteiger partial charge in [-0.3, -0.25) is 4.79 Å². The predicted octanol–water partition coefficient (Wildman–Crippen LogP) is 2.54. The molecule has 10 heteroatoms. The van der Waals surface area contributed by atoms with E-state index in [1.807, 2.05) is 5.32 Å². The van der Waals surface area contributed by atoms with E-state index in [0.717, 1.165) is 18.2 Å². The van der Waals surface area contributed by atoms with Crippen LogP contribution in [-0.4, -0.2) is 25.6 Å². The maximum absolute atomic E-state index is 12.6. The number of hydrogen-bond donors (Lipinski definition) is 1. The summed E-state index contributed by atoms with van der Waals surface area (Å²) >= 11 is -0.534. The highest BCUT2D eigenvalue weighted by Gasteiger charge is 2.29. The molecule has 4 nitrogen and oxygen atoms in total. The second kappa shape index (κ2) is 5.78. The zero-order chi connectivity index (χ0) is 14.7. The number of thioether (sulfide) groups is 1. The highest BCUT2D eigenvalue weighted by Crippen LogP contribution is 2.30. The number of amides is 1. The van der Waals surface area contributed by atoms with Crippen molar-refractivity contribution in [3.8, 4) is 0 Å². The molecule has 1 rings (SSSR count). The topological polar surface area (TPSA) is 63.2 Å². The van der Waals surface area contributed by atoms with Gasteiger partial charge in [0.25, 0.3) is 0 Å².